The Hall–Kier alpha value is -0.710. The maximum absolute atomic E-state index is 11.2. The molecule has 0 N–H and O–H groups in total. The molecular formula is C10H19NO3S. The van der Waals surface area contributed by atoms with E-state index in [0.29, 0.717) is 12.2 Å². The van der Waals surface area contributed by atoms with Crippen molar-refractivity contribution in [2.45, 2.75) is 13.3 Å². The van der Waals surface area contributed by atoms with E-state index in [-0.39, 0.29) is 17.8 Å². The van der Waals surface area contributed by atoms with Gasteiger partial charge >= 0.3 is 5.97 Å². The minimum atomic E-state index is -0.193. The van der Waals surface area contributed by atoms with E-state index in [4.69, 9.17) is 0 Å². The van der Waals surface area contributed by atoms with Crippen molar-refractivity contribution in [1.29, 1.82) is 0 Å². The summed E-state index contributed by atoms with van der Waals surface area (Å²) in [6, 6.07) is 0. The molecule has 88 valence electrons. The van der Waals surface area contributed by atoms with Crippen LogP contribution in [0.2, 0.25) is 0 Å². The Morgan fingerprint density at radius 1 is 1.40 bits per heavy atom. The maximum Gasteiger partial charge on any atom is 0.309 e. The first-order valence-electron chi connectivity index (χ1n) is 4.84. The largest absolute Gasteiger partial charge is 0.469 e. The molecule has 1 atom stereocenters. The Kier molecular flexibility index (Phi) is 7.21. The maximum atomic E-state index is 11.2. The zero-order chi connectivity index (χ0) is 11.8. The molecule has 0 rings (SSSR count). The van der Waals surface area contributed by atoms with Gasteiger partial charge in [0, 0.05) is 32.0 Å². The minimum Gasteiger partial charge on any atom is -0.469 e. The lowest BCUT2D eigenvalue weighted by Crippen LogP contribution is -2.22. The number of amides is 1. The number of thioether (sulfide) groups is 1. The molecule has 0 aliphatic carbocycles. The van der Waals surface area contributed by atoms with Gasteiger partial charge in [0.2, 0.25) is 5.91 Å². The summed E-state index contributed by atoms with van der Waals surface area (Å²) in [4.78, 5) is 23.8. The molecule has 1 amide bonds. The number of hydrogen-bond acceptors (Lipinski definition) is 4. The van der Waals surface area contributed by atoms with Gasteiger partial charge in [0.1, 0.15) is 0 Å². The van der Waals surface area contributed by atoms with Gasteiger partial charge in [0.25, 0.3) is 0 Å². The first kappa shape index (κ1) is 14.3. The Bertz CT molecular complexity index is 219. The number of methoxy groups -OCH3 is 1. The van der Waals surface area contributed by atoms with E-state index in [1.165, 1.54) is 7.11 Å². The summed E-state index contributed by atoms with van der Waals surface area (Å²) < 4.78 is 4.60. The number of carbonyl (C=O) groups excluding carboxylic acids is 2. The van der Waals surface area contributed by atoms with E-state index in [1.54, 1.807) is 30.8 Å². The Morgan fingerprint density at radius 2 is 2.00 bits per heavy atom. The quantitative estimate of drug-likeness (QED) is 0.507. The molecule has 0 aromatic carbocycles. The second kappa shape index (κ2) is 7.56. The van der Waals surface area contributed by atoms with Crippen LogP contribution in [0.15, 0.2) is 0 Å². The highest BCUT2D eigenvalue weighted by Gasteiger charge is 2.13. The lowest BCUT2D eigenvalue weighted by molar-refractivity contribution is -0.144. The second-order valence-electron chi connectivity index (χ2n) is 3.54. The fourth-order valence-corrected chi connectivity index (χ4v) is 1.89. The second-order valence-corrected chi connectivity index (χ2v) is 4.69. The van der Waals surface area contributed by atoms with Crippen molar-refractivity contribution in [3.05, 3.63) is 0 Å². The summed E-state index contributed by atoms with van der Waals surface area (Å²) in [5, 5.41) is 0. The van der Waals surface area contributed by atoms with Crippen molar-refractivity contribution >= 4 is 23.6 Å². The van der Waals surface area contributed by atoms with Crippen molar-refractivity contribution in [3.63, 3.8) is 0 Å². The van der Waals surface area contributed by atoms with Gasteiger partial charge in [-0.15, -0.1) is 0 Å². The fraction of sp³-hybridized carbons (Fsp3) is 0.800. The van der Waals surface area contributed by atoms with Gasteiger partial charge < -0.3 is 9.64 Å². The van der Waals surface area contributed by atoms with E-state index in [2.05, 4.69) is 4.74 Å². The summed E-state index contributed by atoms with van der Waals surface area (Å²) in [7, 11) is 4.87. The van der Waals surface area contributed by atoms with E-state index in [1.807, 2.05) is 6.92 Å². The zero-order valence-electron chi connectivity index (χ0n) is 9.78. The Balaban J connectivity index is 3.54. The van der Waals surface area contributed by atoms with Gasteiger partial charge in [-0.1, -0.05) is 6.92 Å². The van der Waals surface area contributed by atoms with E-state index in [0.717, 1.165) is 5.75 Å². The summed E-state index contributed by atoms with van der Waals surface area (Å²) in [5.74, 6) is 1.27. The minimum absolute atomic E-state index is 0.102. The number of ether oxygens (including phenoxy) is 1. The van der Waals surface area contributed by atoms with E-state index in [9.17, 15) is 9.59 Å². The first-order chi connectivity index (χ1) is 6.99. The standard InChI is InChI=1S/C10H19NO3S/c1-8(10(13)14-4)7-15-6-5-9(12)11(2)3/h8H,5-7H2,1-4H3. The molecule has 0 saturated heterocycles. The average molecular weight is 233 g/mol. The number of nitrogens with zero attached hydrogens (tertiary/aromatic N) is 1. The SMILES string of the molecule is COC(=O)C(C)CSCCC(=O)N(C)C. The lowest BCUT2D eigenvalue weighted by atomic mass is 10.2. The van der Waals surface area contributed by atoms with Crippen LogP contribution in [0.3, 0.4) is 0 Å². The fourth-order valence-electron chi connectivity index (χ4n) is 0.912. The van der Waals surface area contributed by atoms with Crippen LogP contribution >= 0.6 is 11.8 Å². The molecule has 0 aromatic heterocycles. The smallest absolute Gasteiger partial charge is 0.309 e. The van der Waals surface area contributed by atoms with Crippen LogP contribution in [0.1, 0.15) is 13.3 Å². The highest BCUT2D eigenvalue weighted by molar-refractivity contribution is 7.99. The molecule has 15 heavy (non-hydrogen) atoms. The normalized spacial score (nSPS) is 12.0. The van der Waals surface area contributed by atoms with Gasteiger partial charge in [-0.2, -0.15) is 11.8 Å². The van der Waals surface area contributed by atoms with Crippen molar-refractivity contribution in [2.75, 3.05) is 32.7 Å². The van der Waals surface area contributed by atoms with Crippen molar-refractivity contribution < 1.29 is 14.3 Å². The molecule has 0 radical (unpaired) electrons. The van der Waals surface area contributed by atoms with Gasteiger partial charge in [-0.3, -0.25) is 9.59 Å². The van der Waals surface area contributed by atoms with Crippen molar-refractivity contribution in [1.82, 2.24) is 4.90 Å². The molecule has 5 heteroatoms. The molecule has 0 bridgehead atoms. The topological polar surface area (TPSA) is 46.6 Å². The first-order valence-corrected chi connectivity index (χ1v) is 6.00. The summed E-state index contributed by atoms with van der Waals surface area (Å²) in [6.07, 6.45) is 0.519. The van der Waals surface area contributed by atoms with Gasteiger partial charge in [-0.25, -0.2) is 0 Å². The van der Waals surface area contributed by atoms with Crippen molar-refractivity contribution in [2.24, 2.45) is 5.92 Å². The molecule has 0 fully saturated rings. The van der Waals surface area contributed by atoms with Crippen LogP contribution < -0.4 is 0 Å². The molecule has 0 aromatic rings. The van der Waals surface area contributed by atoms with Gasteiger partial charge in [0.15, 0.2) is 0 Å². The third-order valence-corrected chi connectivity index (χ3v) is 3.16. The molecule has 0 spiro atoms. The number of rotatable bonds is 6. The van der Waals surface area contributed by atoms with Crippen LogP contribution in [-0.4, -0.2) is 49.5 Å². The molecule has 1 unspecified atom stereocenters. The van der Waals surface area contributed by atoms with E-state index >= 15 is 0 Å². The molecule has 0 aliphatic rings. The van der Waals surface area contributed by atoms with Gasteiger partial charge in [0.05, 0.1) is 13.0 Å². The van der Waals surface area contributed by atoms with Crippen LogP contribution in [0.25, 0.3) is 0 Å². The average Bonchev–Trinajstić information content (AvgIpc) is 2.22. The third kappa shape index (κ3) is 6.38. The lowest BCUT2D eigenvalue weighted by Gasteiger charge is -2.11. The monoisotopic (exact) mass is 233 g/mol. The molecule has 4 nitrogen and oxygen atoms in total. The molecule has 0 aliphatic heterocycles. The number of carbonyl (C=O) groups is 2. The van der Waals surface area contributed by atoms with Crippen LogP contribution in [0.4, 0.5) is 0 Å². The van der Waals surface area contributed by atoms with Crippen LogP contribution in [0.5, 0.6) is 0 Å². The Labute approximate surface area is 95.3 Å². The van der Waals surface area contributed by atoms with Crippen LogP contribution in [-0.2, 0) is 14.3 Å². The summed E-state index contributed by atoms with van der Waals surface area (Å²) >= 11 is 1.60. The highest BCUT2D eigenvalue weighted by Crippen LogP contribution is 2.11. The molecule has 0 heterocycles. The predicted octanol–water partition coefficient (Wildman–Crippen LogP) is 1.01. The van der Waals surface area contributed by atoms with Crippen LogP contribution in [0, 0.1) is 5.92 Å². The predicted molar refractivity (Wildman–Crippen MR) is 61.8 cm³/mol. The van der Waals surface area contributed by atoms with Gasteiger partial charge in [-0.05, 0) is 0 Å². The zero-order valence-corrected chi connectivity index (χ0v) is 10.6. The number of hydrogen-bond donors (Lipinski definition) is 0. The molecule has 0 saturated carbocycles. The summed E-state index contributed by atoms with van der Waals surface area (Å²) in [6.45, 7) is 1.83. The third-order valence-electron chi connectivity index (χ3n) is 1.93. The number of esters is 1. The highest BCUT2D eigenvalue weighted by atomic mass is 32.2. The van der Waals surface area contributed by atoms with Crippen molar-refractivity contribution in [3.8, 4) is 0 Å². The molecular weight excluding hydrogens is 214 g/mol. The summed E-state index contributed by atoms with van der Waals surface area (Å²) in [5.41, 5.74) is 0. The Morgan fingerprint density at radius 3 is 2.47 bits per heavy atom. The van der Waals surface area contributed by atoms with E-state index < -0.39 is 0 Å².